The van der Waals surface area contributed by atoms with Gasteiger partial charge in [-0.1, -0.05) is 51.1 Å². The number of carbonyl (C=O) groups excluding carboxylic acids is 1. The Morgan fingerprint density at radius 1 is 1.04 bits per heavy atom. The zero-order chi connectivity index (χ0) is 19.0. The third-order valence-corrected chi connectivity index (χ3v) is 3.99. The number of amides is 2. The zero-order valence-electron chi connectivity index (χ0n) is 15.6. The summed E-state index contributed by atoms with van der Waals surface area (Å²) in [6.45, 7) is 7.61. The second-order valence-electron chi connectivity index (χ2n) is 7.15. The smallest absolute Gasteiger partial charge is 0.314 e. The minimum Gasteiger partial charge on any atom is -0.492 e. The highest BCUT2D eigenvalue weighted by atomic mass is 19.1. The average molecular weight is 358 g/mol. The van der Waals surface area contributed by atoms with Crippen LogP contribution < -0.4 is 15.4 Å². The molecule has 0 atom stereocenters. The van der Waals surface area contributed by atoms with Crippen molar-refractivity contribution in [3.63, 3.8) is 0 Å². The zero-order valence-corrected chi connectivity index (χ0v) is 15.6. The fourth-order valence-electron chi connectivity index (χ4n) is 2.46. The molecule has 0 aromatic heterocycles. The van der Waals surface area contributed by atoms with Crippen molar-refractivity contribution in [3.8, 4) is 5.75 Å². The van der Waals surface area contributed by atoms with Gasteiger partial charge in [0.2, 0.25) is 0 Å². The third kappa shape index (κ3) is 6.39. The minimum absolute atomic E-state index is 0.0652. The Morgan fingerprint density at radius 3 is 2.50 bits per heavy atom. The van der Waals surface area contributed by atoms with E-state index in [-0.39, 0.29) is 17.3 Å². The van der Waals surface area contributed by atoms with Crippen LogP contribution in [-0.2, 0) is 11.8 Å². The van der Waals surface area contributed by atoms with E-state index in [0.29, 0.717) is 31.7 Å². The van der Waals surface area contributed by atoms with Crippen LogP contribution in [0.3, 0.4) is 0 Å². The highest BCUT2D eigenvalue weighted by Gasteiger charge is 2.13. The van der Waals surface area contributed by atoms with E-state index in [4.69, 9.17) is 4.74 Å². The molecule has 2 aromatic rings. The van der Waals surface area contributed by atoms with Crippen LogP contribution in [0.5, 0.6) is 5.75 Å². The first-order valence-corrected chi connectivity index (χ1v) is 8.85. The van der Waals surface area contributed by atoms with E-state index < -0.39 is 0 Å². The number of hydrogen-bond acceptors (Lipinski definition) is 2. The number of halogens is 1. The lowest BCUT2D eigenvalue weighted by atomic mass is 9.87. The van der Waals surface area contributed by atoms with Gasteiger partial charge in [-0.3, -0.25) is 0 Å². The number of hydrogen-bond donors (Lipinski definition) is 2. The van der Waals surface area contributed by atoms with Crippen LogP contribution in [-0.4, -0.2) is 25.7 Å². The van der Waals surface area contributed by atoms with Crippen molar-refractivity contribution in [1.82, 2.24) is 10.6 Å². The highest BCUT2D eigenvalue weighted by molar-refractivity contribution is 5.73. The van der Waals surface area contributed by atoms with Crippen LogP contribution in [0.4, 0.5) is 9.18 Å². The van der Waals surface area contributed by atoms with E-state index in [1.165, 1.54) is 11.6 Å². The number of urea groups is 1. The van der Waals surface area contributed by atoms with E-state index in [0.717, 1.165) is 5.75 Å². The maximum atomic E-state index is 13.5. The third-order valence-electron chi connectivity index (χ3n) is 3.99. The van der Waals surface area contributed by atoms with Crippen LogP contribution in [0.15, 0.2) is 48.5 Å². The molecule has 0 aliphatic heterocycles. The maximum Gasteiger partial charge on any atom is 0.314 e. The molecule has 0 unspecified atom stereocenters. The van der Waals surface area contributed by atoms with Gasteiger partial charge in [0.05, 0.1) is 6.54 Å². The second-order valence-corrected chi connectivity index (χ2v) is 7.15. The number of carbonyl (C=O) groups is 1. The van der Waals surface area contributed by atoms with Gasteiger partial charge in [-0.25, -0.2) is 9.18 Å². The Hall–Kier alpha value is -2.56. The lowest BCUT2D eigenvalue weighted by molar-refractivity contribution is 0.236. The molecule has 2 aromatic carbocycles. The first kappa shape index (κ1) is 19.8. The summed E-state index contributed by atoms with van der Waals surface area (Å²) in [4.78, 5) is 11.7. The Bertz CT molecular complexity index is 726. The molecule has 0 aliphatic carbocycles. The second kappa shape index (κ2) is 9.22. The molecule has 0 heterocycles. The summed E-state index contributed by atoms with van der Waals surface area (Å²) >= 11 is 0. The lowest BCUT2D eigenvalue weighted by Gasteiger charge is -2.19. The van der Waals surface area contributed by atoms with Gasteiger partial charge in [0, 0.05) is 6.54 Å². The lowest BCUT2D eigenvalue weighted by Crippen LogP contribution is -2.38. The van der Waals surface area contributed by atoms with Crippen molar-refractivity contribution >= 4 is 6.03 Å². The van der Waals surface area contributed by atoms with Gasteiger partial charge in [-0.2, -0.15) is 0 Å². The van der Waals surface area contributed by atoms with Crippen molar-refractivity contribution in [2.45, 2.75) is 32.6 Å². The molecule has 0 aliphatic rings. The fraction of sp³-hybridized carbons (Fsp3) is 0.381. The summed E-state index contributed by atoms with van der Waals surface area (Å²) < 4.78 is 19.2. The first-order valence-electron chi connectivity index (χ1n) is 8.85. The summed E-state index contributed by atoms with van der Waals surface area (Å²) in [7, 11) is 0. The van der Waals surface area contributed by atoms with E-state index in [9.17, 15) is 9.18 Å². The van der Waals surface area contributed by atoms with Gasteiger partial charge in [0.15, 0.2) is 0 Å². The van der Waals surface area contributed by atoms with Crippen molar-refractivity contribution < 1.29 is 13.9 Å². The Balaban J connectivity index is 1.65. The standard InChI is InChI=1S/C21H27FN2O2/c1-21(2,3)17-8-6-9-18(15-17)26-14-13-24-20(25)23-12-11-16-7-4-5-10-19(16)22/h4-10,15H,11-14H2,1-3H3,(H2,23,24,25). The van der Waals surface area contributed by atoms with Crippen LogP contribution in [0, 0.1) is 5.82 Å². The SMILES string of the molecule is CC(C)(C)c1cccc(OCCNC(=O)NCCc2ccccc2F)c1. The topological polar surface area (TPSA) is 50.4 Å². The average Bonchev–Trinajstić information content (AvgIpc) is 2.60. The normalized spacial score (nSPS) is 11.1. The van der Waals surface area contributed by atoms with Crippen molar-refractivity contribution in [1.29, 1.82) is 0 Å². The summed E-state index contributed by atoms with van der Waals surface area (Å²) in [5, 5.41) is 5.44. The Kier molecular flexibility index (Phi) is 7.01. The van der Waals surface area contributed by atoms with Crippen LogP contribution in [0.1, 0.15) is 31.9 Å². The molecule has 140 valence electrons. The van der Waals surface area contributed by atoms with Crippen LogP contribution in [0.25, 0.3) is 0 Å². The predicted octanol–water partition coefficient (Wildman–Crippen LogP) is 4.04. The van der Waals surface area contributed by atoms with E-state index >= 15 is 0 Å². The molecule has 2 rings (SSSR count). The van der Waals surface area contributed by atoms with Crippen LogP contribution in [0.2, 0.25) is 0 Å². The van der Waals surface area contributed by atoms with Crippen molar-refractivity contribution in [2.24, 2.45) is 0 Å². The van der Waals surface area contributed by atoms with E-state index in [1.54, 1.807) is 18.2 Å². The van der Waals surface area contributed by atoms with Gasteiger partial charge < -0.3 is 15.4 Å². The molecule has 5 heteroatoms. The molecule has 0 radical (unpaired) electrons. The van der Waals surface area contributed by atoms with Gasteiger partial charge >= 0.3 is 6.03 Å². The van der Waals surface area contributed by atoms with Crippen molar-refractivity contribution in [3.05, 3.63) is 65.5 Å². The van der Waals surface area contributed by atoms with Crippen molar-refractivity contribution in [2.75, 3.05) is 19.7 Å². The monoisotopic (exact) mass is 358 g/mol. The molecule has 2 amide bonds. The van der Waals surface area contributed by atoms with Gasteiger partial charge in [-0.15, -0.1) is 0 Å². The molecule has 4 nitrogen and oxygen atoms in total. The predicted molar refractivity (Wildman–Crippen MR) is 102 cm³/mol. The van der Waals surface area contributed by atoms with E-state index in [1.807, 2.05) is 18.2 Å². The number of rotatable bonds is 7. The number of ether oxygens (including phenoxy) is 1. The molecule has 26 heavy (non-hydrogen) atoms. The first-order chi connectivity index (χ1) is 12.4. The maximum absolute atomic E-state index is 13.5. The summed E-state index contributed by atoms with van der Waals surface area (Å²) in [6.07, 6.45) is 0.455. The largest absolute Gasteiger partial charge is 0.492 e. The Labute approximate surface area is 154 Å². The molecule has 0 saturated carbocycles. The Morgan fingerprint density at radius 2 is 1.77 bits per heavy atom. The van der Waals surface area contributed by atoms with Gasteiger partial charge in [0.25, 0.3) is 0 Å². The molecule has 0 bridgehead atoms. The summed E-state index contributed by atoms with van der Waals surface area (Å²) in [5.41, 5.74) is 1.86. The van der Waals surface area contributed by atoms with Gasteiger partial charge in [-0.05, 0) is 41.2 Å². The molecule has 0 fully saturated rings. The minimum atomic E-state index is -0.284. The molecular formula is C21H27FN2O2. The molecule has 0 saturated heterocycles. The number of nitrogens with one attached hydrogen (secondary N) is 2. The summed E-state index contributed by atoms with van der Waals surface area (Å²) in [6, 6.07) is 14.3. The molecule has 2 N–H and O–H groups in total. The molecular weight excluding hydrogens is 331 g/mol. The van der Waals surface area contributed by atoms with Crippen LogP contribution >= 0.6 is 0 Å². The van der Waals surface area contributed by atoms with Gasteiger partial charge in [0.1, 0.15) is 18.2 Å². The highest BCUT2D eigenvalue weighted by Crippen LogP contribution is 2.25. The molecule has 0 spiro atoms. The summed E-state index contributed by atoms with van der Waals surface area (Å²) in [5.74, 6) is 0.541. The van der Waals surface area contributed by atoms with E-state index in [2.05, 4.69) is 37.5 Å². The number of benzene rings is 2. The fourth-order valence-corrected chi connectivity index (χ4v) is 2.46. The quantitative estimate of drug-likeness (QED) is 0.734.